The standard InChI is InChI=1S/C26H28N4O3.C25H26N4O3/c1-19-8-6-7-17-30(19)23-14-11-20(12-15-23)25(31)28-21-13-16-24(27-18-21)33-26(32)29(2)22-9-4-3-5-10-22;1-28(21-8-4-2-5-9-21)25(31)32-23-15-12-20(18-26-23)27-24(30)19-10-13-22(14-11-19)29-16-6-3-7-17-29/h3-5,9-16,18-19H,6-8,17H2,1-2H3,(H,28,31);2,4-5,8-15,18H,3,6-7,16-17H2,1H3,(H,27,30). The molecule has 4 amide bonds. The lowest BCUT2D eigenvalue weighted by atomic mass is 10.0. The fourth-order valence-corrected chi connectivity index (χ4v) is 7.53. The van der Waals surface area contributed by atoms with Gasteiger partial charge in [-0.15, -0.1) is 0 Å². The number of hydrogen-bond acceptors (Lipinski definition) is 10. The normalized spacial score (nSPS) is 14.5. The van der Waals surface area contributed by atoms with E-state index in [1.807, 2.05) is 109 Å². The fraction of sp³-hybridized carbons (Fsp3) is 0.255. The van der Waals surface area contributed by atoms with Crippen molar-refractivity contribution in [2.45, 2.75) is 51.5 Å². The molecule has 1 unspecified atom stereocenters. The lowest BCUT2D eigenvalue weighted by Crippen LogP contribution is -2.37. The SMILES string of the molecule is CC1CCCCN1c1ccc(C(=O)Nc2ccc(OC(=O)N(C)c3ccccc3)nc2)cc1.CN(C(=O)Oc1ccc(NC(=O)c2ccc(N3CCCCC3)cc2)cn1)c1ccccc1. The van der Waals surface area contributed by atoms with Crippen molar-refractivity contribution in [3.05, 3.63) is 157 Å². The number of aromatic nitrogens is 2. The minimum atomic E-state index is -0.548. The van der Waals surface area contributed by atoms with Gasteiger partial charge >= 0.3 is 12.2 Å². The zero-order chi connectivity index (χ0) is 45.5. The molecule has 0 spiro atoms. The molecule has 2 aromatic heterocycles. The first-order valence-corrected chi connectivity index (χ1v) is 21.9. The molecule has 2 N–H and O–H groups in total. The van der Waals surface area contributed by atoms with Crippen LogP contribution in [0, 0.1) is 0 Å². The molecule has 8 rings (SSSR count). The third kappa shape index (κ3) is 12.5. The predicted octanol–water partition coefficient (Wildman–Crippen LogP) is 10.3. The lowest BCUT2D eigenvalue weighted by molar-refractivity contribution is 0.101. The van der Waals surface area contributed by atoms with Crippen molar-refractivity contribution in [2.24, 2.45) is 0 Å². The molecule has 1 atom stereocenters. The van der Waals surface area contributed by atoms with Gasteiger partial charge in [0.15, 0.2) is 0 Å². The minimum Gasteiger partial charge on any atom is -0.391 e. The Morgan fingerprint density at radius 1 is 0.538 bits per heavy atom. The van der Waals surface area contributed by atoms with Gasteiger partial charge in [-0.3, -0.25) is 19.4 Å². The average molecular weight is 875 g/mol. The average Bonchev–Trinajstić information content (AvgIpc) is 3.36. The molecule has 0 saturated carbocycles. The summed E-state index contributed by atoms with van der Waals surface area (Å²) in [7, 11) is 3.26. The number of nitrogens with zero attached hydrogens (tertiary/aromatic N) is 6. The van der Waals surface area contributed by atoms with E-state index >= 15 is 0 Å². The summed E-state index contributed by atoms with van der Waals surface area (Å²) in [6.45, 7) is 5.43. The third-order valence-electron chi connectivity index (χ3n) is 11.3. The first-order chi connectivity index (χ1) is 31.6. The van der Waals surface area contributed by atoms with Crippen LogP contribution in [0.25, 0.3) is 0 Å². The number of carbonyl (C=O) groups excluding carboxylic acids is 4. The van der Waals surface area contributed by atoms with E-state index in [1.165, 1.54) is 60.7 Å². The molecule has 2 fully saturated rings. The molecule has 6 aromatic rings. The van der Waals surface area contributed by atoms with E-state index in [1.54, 1.807) is 38.4 Å². The van der Waals surface area contributed by atoms with Crippen molar-refractivity contribution in [3.63, 3.8) is 0 Å². The van der Waals surface area contributed by atoms with Crippen molar-refractivity contribution in [2.75, 3.05) is 64.0 Å². The number of rotatable bonds is 10. The van der Waals surface area contributed by atoms with Gasteiger partial charge in [0.25, 0.3) is 11.8 Å². The highest BCUT2D eigenvalue weighted by Gasteiger charge is 2.20. The summed E-state index contributed by atoms with van der Waals surface area (Å²) in [6.07, 6.45) is 9.21. The second kappa shape index (κ2) is 22.1. The second-order valence-corrected chi connectivity index (χ2v) is 15.9. The molecular weight excluding hydrogens is 821 g/mol. The zero-order valence-electron chi connectivity index (χ0n) is 36.9. The van der Waals surface area contributed by atoms with Crippen LogP contribution in [0.2, 0.25) is 0 Å². The molecule has 0 radical (unpaired) electrons. The van der Waals surface area contributed by atoms with Crippen molar-refractivity contribution in [3.8, 4) is 11.8 Å². The van der Waals surface area contributed by atoms with Crippen molar-refractivity contribution < 1.29 is 28.7 Å². The summed E-state index contributed by atoms with van der Waals surface area (Å²) in [6, 6.07) is 40.6. The number of para-hydroxylation sites is 2. The first-order valence-electron chi connectivity index (χ1n) is 21.9. The van der Waals surface area contributed by atoms with Gasteiger partial charge in [0.05, 0.1) is 23.8 Å². The topological polar surface area (TPSA) is 150 Å². The Morgan fingerprint density at radius 3 is 1.42 bits per heavy atom. The Kier molecular flexibility index (Phi) is 15.4. The van der Waals surface area contributed by atoms with Gasteiger partial charge in [-0.25, -0.2) is 19.6 Å². The van der Waals surface area contributed by atoms with Crippen molar-refractivity contribution in [1.29, 1.82) is 0 Å². The number of amides is 4. The Balaban J connectivity index is 0.000000194. The quantitative estimate of drug-likeness (QED) is 0.136. The van der Waals surface area contributed by atoms with E-state index in [2.05, 4.69) is 37.3 Å². The maximum Gasteiger partial charge on any atom is 0.420 e. The molecule has 2 saturated heterocycles. The number of nitrogens with one attached hydrogen (secondary N) is 2. The molecule has 14 heteroatoms. The largest absolute Gasteiger partial charge is 0.420 e. The van der Waals surface area contributed by atoms with Gasteiger partial charge in [0.1, 0.15) is 0 Å². The van der Waals surface area contributed by atoms with Crippen molar-refractivity contribution >= 4 is 58.1 Å². The summed E-state index contributed by atoms with van der Waals surface area (Å²) < 4.78 is 10.6. The lowest BCUT2D eigenvalue weighted by Gasteiger charge is -2.35. The molecule has 334 valence electrons. The Hall–Kier alpha value is -7.74. The maximum atomic E-state index is 12.6. The van der Waals surface area contributed by atoms with Crippen molar-refractivity contribution in [1.82, 2.24) is 9.97 Å². The number of ether oxygens (including phenoxy) is 2. The van der Waals surface area contributed by atoms with Gasteiger partial charge in [-0.05, 0) is 130 Å². The predicted molar refractivity (Wildman–Crippen MR) is 256 cm³/mol. The summed E-state index contributed by atoms with van der Waals surface area (Å²) in [5.74, 6) is -0.128. The van der Waals surface area contributed by atoms with E-state index in [0.717, 1.165) is 31.0 Å². The highest BCUT2D eigenvalue weighted by atomic mass is 16.6. The summed E-state index contributed by atoms with van der Waals surface area (Å²) in [4.78, 5) is 65.6. The van der Waals surface area contributed by atoms with Gasteiger partial charge < -0.3 is 29.9 Å². The molecule has 14 nitrogen and oxygen atoms in total. The highest BCUT2D eigenvalue weighted by Crippen LogP contribution is 2.26. The summed E-state index contributed by atoms with van der Waals surface area (Å²) >= 11 is 0. The van der Waals surface area contributed by atoms with Gasteiger partial charge in [0, 0.05) is 85.8 Å². The van der Waals surface area contributed by atoms with Gasteiger partial charge in [0.2, 0.25) is 11.8 Å². The van der Waals surface area contributed by atoms with Crippen LogP contribution in [0.5, 0.6) is 11.8 Å². The Bertz CT molecular complexity index is 2480. The number of benzene rings is 4. The molecule has 2 aliphatic heterocycles. The van der Waals surface area contributed by atoms with Crippen LogP contribution in [0.3, 0.4) is 0 Å². The van der Waals surface area contributed by atoms with E-state index < -0.39 is 12.2 Å². The van der Waals surface area contributed by atoms with Crippen LogP contribution in [0.15, 0.2) is 146 Å². The van der Waals surface area contributed by atoms with Crippen LogP contribution in [0.4, 0.5) is 43.7 Å². The zero-order valence-corrected chi connectivity index (χ0v) is 36.9. The fourth-order valence-electron chi connectivity index (χ4n) is 7.53. The number of piperidine rings is 2. The smallest absolute Gasteiger partial charge is 0.391 e. The molecule has 2 aliphatic rings. The molecule has 4 aromatic carbocycles. The van der Waals surface area contributed by atoms with E-state index in [-0.39, 0.29) is 23.6 Å². The Morgan fingerprint density at radius 2 is 0.985 bits per heavy atom. The third-order valence-corrected chi connectivity index (χ3v) is 11.3. The minimum absolute atomic E-state index is 0.154. The molecule has 4 heterocycles. The van der Waals surface area contributed by atoms with E-state index in [0.29, 0.717) is 39.9 Å². The summed E-state index contributed by atoms with van der Waals surface area (Å²) in [5.41, 5.74) is 5.91. The van der Waals surface area contributed by atoms with Crippen LogP contribution in [0.1, 0.15) is 66.2 Å². The maximum absolute atomic E-state index is 12.6. The van der Waals surface area contributed by atoms with E-state index in [4.69, 9.17) is 9.47 Å². The van der Waals surface area contributed by atoms with Crippen LogP contribution < -0.4 is 39.7 Å². The first kappa shape index (κ1) is 45.3. The number of carbonyl (C=O) groups is 4. The van der Waals surface area contributed by atoms with Gasteiger partial charge in [-0.1, -0.05) is 36.4 Å². The van der Waals surface area contributed by atoms with Crippen LogP contribution in [-0.4, -0.2) is 73.7 Å². The van der Waals surface area contributed by atoms with E-state index in [9.17, 15) is 19.2 Å². The highest BCUT2D eigenvalue weighted by molar-refractivity contribution is 6.05. The number of pyridine rings is 2. The van der Waals surface area contributed by atoms with Crippen LogP contribution in [-0.2, 0) is 0 Å². The second-order valence-electron chi connectivity index (χ2n) is 15.9. The Labute approximate surface area is 379 Å². The molecule has 65 heavy (non-hydrogen) atoms. The molecule has 0 bridgehead atoms. The summed E-state index contributed by atoms with van der Waals surface area (Å²) in [5, 5.41) is 5.65. The molecular formula is C51H54N8O6. The monoisotopic (exact) mass is 874 g/mol. The number of hydrogen-bond donors (Lipinski definition) is 2. The van der Waals surface area contributed by atoms with Crippen LogP contribution >= 0.6 is 0 Å². The molecule has 0 aliphatic carbocycles. The number of anilines is 6. The van der Waals surface area contributed by atoms with Gasteiger partial charge in [-0.2, -0.15) is 0 Å².